The predicted octanol–water partition coefficient (Wildman–Crippen LogP) is 3.58. The molecule has 0 amide bonds. The zero-order valence-corrected chi connectivity index (χ0v) is 13.7. The minimum atomic E-state index is -3.99. The molecule has 0 unspecified atom stereocenters. The van der Waals surface area contributed by atoms with Crippen molar-refractivity contribution >= 4 is 56.2 Å². The number of thiophene rings is 1. The van der Waals surface area contributed by atoms with Gasteiger partial charge in [-0.2, -0.15) is 0 Å². The van der Waals surface area contributed by atoms with Crippen LogP contribution in [0.3, 0.4) is 0 Å². The minimum absolute atomic E-state index is 0.0275. The Labute approximate surface area is 135 Å². The van der Waals surface area contributed by atoms with Crippen molar-refractivity contribution in [1.82, 2.24) is 0 Å². The molecule has 0 aliphatic heterocycles. The molecular weight excluding hydrogens is 357 g/mol. The molecule has 9 heteroatoms. The summed E-state index contributed by atoms with van der Waals surface area (Å²) in [6.07, 6.45) is 0. The van der Waals surface area contributed by atoms with E-state index >= 15 is 0 Å². The van der Waals surface area contributed by atoms with E-state index in [4.69, 9.17) is 28.3 Å². The van der Waals surface area contributed by atoms with Gasteiger partial charge in [-0.3, -0.25) is 4.31 Å². The third-order valence-electron chi connectivity index (χ3n) is 2.74. The first kappa shape index (κ1) is 16.1. The van der Waals surface area contributed by atoms with E-state index in [-0.39, 0.29) is 24.8 Å². The Morgan fingerprint density at radius 3 is 2.43 bits per heavy atom. The zero-order valence-electron chi connectivity index (χ0n) is 10.6. The van der Waals surface area contributed by atoms with Crippen LogP contribution in [0.1, 0.15) is 10.4 Å². The van der Waals surface area contributed by atoms with Crippen LogP contribution in [-0.4, -0.2) is 26.5 Å². The average Bonchev–Trinajstić information content (AvgIpc) is 2.77. The number of carboxylic acids is 1. The van der Waals surface area contributed by atoms with E-state index in [9.17, 15) is 13.2 Å². The second-order valence-corrected chi connectivity index (χ2v) is 8.21. The van der Waals surface area contributed by atoms with Crippen LogP contribution >= 0.6 is 34.5 Å². The van der Waals surface area contributed by atoms with Crippen molar-refractivity contribution in [3.8, 4) is 0 Å². The number of benzene rings is 1. The molecule has 1 aromatic heterocycles. The first-order valence-corrected chi connectivity index (χ1v) is 8.52. The number of aromatic carboxylic acids is 1. The smallest absolute Gasteiger partial charge is 0.337 e. The van der Waals surface area contributed by atoms with E-state index in [1.807, 2.05) is 0 Å². The van der Waals surface area contributed by atoms with E-state index in [1.165, 1.54) is 31.3 Å². The van der Waals surface area contributed by atoms with Crippen molar-refractivity contribution in [1.29, 1.82) is 0 Å². The molecule has 0 bridgehead atoms. The quantitative estimate of drug-likeness (QED) is 0.898. The van der Waals surface area contributed by atoms with Gasteiger partial charge in [-0.15, -0.1) is 11.3 Å². The maximum Gasteiger partial charge on any atom is 0.337 e. The number of hydrogen-bond donors (Lipinski definition) is 1. The number of carbonyl (C=O) groups is 1. The topological polar surface area (TPSA) is 74.7 Å². The van der Waals surface area contributed by atoms with E-state index < -0.39 is 16.0 Å². The summed E-state index contributed by atoms with van der Waals surface area (Å²) in [5.74, 6) is -1.22. The van der Waals surface area contributed by atoms with Gasteiger partial charge in [0.25, 0.3) is 10.0 Å². The first-order chi connectivity index (χ1) is 9.75. The Balaban J connectivity index is 2.56. The van der Waals surface area contributed by atoms with Gasteiger partial charge in [-0.25, -0.2) is 13.2 Å². The van der Waals surface area contributed by atoms with Crippen LogP contribution in [0.25, 0.3) is 0 Å². The fraction of sp³-hybridized carbons (Fsp3) is 0.0833. The molecule has 0 aliphatic rings. The second-order valence-electron chi connectivity index (χ2n) is 3.98. The molecule has 2 rings (SSSR count). The van der Waals surface area contributed by atoms with Crippen LogP contribution in [0.15, 0.2) is 35.2 Å². The molecule has 0 atom stereocenters. The summed E-state index contributed by atoms with van der Waals surface area (Å²) < 4.78 is 26.2. The molecule has 5 nitrogen and oxygen atoms in total. The highest BCUT2D eigenvalue weighted by Crippen LogP contribution is 2.37. The van der Waals surface area contributed by atoms with E-state index in [0.29, 0.717) is 0 Å². The van der Waals surface area contributed by atoms with E-state index in [2.05, 4.69) is 0 Å². The lowest BCUT2D eigenvalue weighted by atomic mass is 10.2. The van der Waals surface area contributed by atoms with Crippen LogP contribution in [0.5, 0.6) is 0 Å². The molecule has 0 saturated carbocycles. The number of para-hydroxylation sites is 1. The summed E-state index contributed by atoms with van der Waals surface area (Å²) in [6.45, 7) is 0. The lowest BCUT2D eigenvalue weighted by molar-refractivity contribution is 0.0698. The second kappa shape index (κ2) is 5.84. The van der Waals surface area contributed by atoms with Gasteiger partial charge in [0, 0.05) is 7.05 Å². The molecule has 1 heterocycles. The van der Waals surface area contributed by atoms with Crippen LogP contribution in [0.4, 0.5) is 5.69 Å². The molecule has 0 spiro atoms. The molecule has 0 aliphatic carbocycles. The maximum atomic E-state index is 12.5. The summed E-state index contributed by atoms with van der Waals surface area (Å²) in [5.41, 5.74) is -0.0792. The molecule has 112 valence electrons. The lowest BCUT2D eigenvalue weighted by Gasteiger charge is -2.20. The highest BCUT2D eigenvalue weighted by atomic mass is 35.5. The van der Waals surface area contributed by atoms with Crippen molar-refractivity contribution in [3.05, 3.63) is 44.6 Å². The van der Waals surface area contributed by atoms with Crippen LogP contribution in [0.2, 0.25) is 8.67 Å². The number of carboxylic acid groups (broad SMARTS) is 1. The monoisotopic (exact) mass is 365 g/mol. The summed E-state index contributed by atoms with van der Waals surface area (Å²) in [4.78, 5) is 11.0. The third-order valence-corrected chi connectivity index (χ3v) is 6.26. The molecule has 1 N–H and O–H groups in total. The fourth-order valence-corrected chi connectivity index (χ4v) is 5.03. The normalized spacial score (nSPS) is 11.4. The largest absolute Gasteiger partial charge is 0.478 e. The summed E-state index contributed by atoms with van der Waals surface area (Å²) >= 11 is 12.6. The van der Waals surface area contributed by atoms with Crippen molar-refractivity contribution in [3.63, 3.8) is 0 Å². The van der Waals surface area contributed by atoms with Gasteiger partial charge in [0.15, 0.2) is 0 Å². The number of anilines is 1. The minimum Gasteiger partial charge on any atom is -0.478 e. The molecule has 0 radical (unpaired) electrons. The standard InChI is InChI=1S/C12H9Cl2NO4S2/c1-15(8-5-3-2-4-7(8)12(16)17)21(18,19)9-6-10(13)20-11(9)14/h2-6H,1H3,(H,16,17). The Kier molecular flexibility index (Phi) is 4.48. The Hall–Kier alpha value is -1.28. The van der Waals surface area contributed by atoms with Gasteiger partial charge in [0.05, 0.1) is 15.6 Å². The van der Waals surface area contributed by atoms with Gasteiger partial charge in [0.2, 0.25) is 0 Å². The number of hydrogen-bond acceptors (Lipinski definition) is 4. The van der Waals surface area contributed by atoms with Crippen LogP contribution in [-0.2, 0) is 10.0 Å². The van der Waals surface area contributed by atoms with Gasteiger partial charge < -0.3 is 5.11 Å². The molecule has 0 saturated heterocycles. The molecule has 0 fully saturated rings. The zero-order chi connectivity index (χ0) is 15.8. The van der Waals surface area contributed by atoms with Crippen molar-refractivity contribution < 1.29 is 18.3 Å². The average molecular weight is 366 g/mol. The highest BCUT2D eigenvalue weighted by molar-refractivity contribution is 7.93. The first-order valence-electron chi connectivity index (χ1n) is 5.51. The van der Waals surface area contributed by atoms with E-state index in [1.54, 1.807) is 6.07 Å². The number of halogens is 2. The summed E-state index contributed by atoms with van der Waals surface area (Å²) in [7, 11) is -2.73. The van der Waals surface area contributed by atoms with Crippen molar-refractivity contribution in [2.75, 3.05) is 11.4 Å². The Morgan fingerprint density at radius 2 is 1.90 bits per heavy atom. The summed E-state index contributed by atoms with van der Waals surface area (Å²) in [6, 6.07) is 7.04. The van der Waals surface area contributed by atoms with Crippen molar-refractivity contribution in [2.24, 2.45) is 0 Å². The van der Waals surface area contributed by atoms with Gasteiger partial charge >= 0.3 is 5.97 Å². The fourth-order valence-electron chi connectivity index (χ4n) is 1.71. The molecule has 21 heavy (non-hydrogen) atoms. The molecule has 1 aromatic carbocycles. The maximum absolute atomic E-state index is 12.5. The van der Waals surface area contributed by atoms with Gasteiger partial charge in [0.1, 0.15) is 9.23 Å². The van der Waals surface area contributed by atoms with Gasteiger partial charge in [-0.05, 0) is 18.2 Å². The number of rotatable bonds is 4. The van der Waals surface area contributed by atoms with Crippen molar-refractivity contribution in [2.45, 2.75) is 4.90 Å². The van der Waals surface area contributed by atoms with E-state index in [0.717, 1.165) is 15.6 Å². The predicted molar refractivity (Wildman–Crippen MR) is 83.3 cm³/mol. The SMILES string of the molecule is CN(c1ccccc1C(=O)O)S(=O)(=O)c1cc(Cl)sc1Cl. The Bertz CT molecular complexity index is 801. The highest BCUT2D eigenvalue weighted by Gasteiger charge is 2.28. The number of nitrogens with zero attached hydrogens (tertiary/aromatic N) is 1. The lowest BCUT2D eigenvalue weighted by Crippen LogP contribution is -2.28. The summed E-state index contributed by atoms with van der Waals surface area (Å²) in [5, 5.41) is 9.14. The van der Waals surface area contributed by atoms with Gasteiger partial charge in [-0.1, -0.05) is 35.3 Å². The molecule has 2 aromatic rings. The molecular formula is C12H9Cl2NO4S2. The Morgan fingerprint density at radius 1 is 1.29 bits per heavy atom. The van der Waals surface area contributed by atoms with Crippen LogP contribution < -0.4 is 4.31 Å². The third kappa shape index (κ3) is 3.01. The number of sulfonamides is 1. The van der Waals surface area contributed by atoms with Crippen LogP contribution in [0, 0.1) is 0 Å².